The topological polar surface area (TPSA) is 99.1 Å². The number of carbonyl (C=O) groups is 2. The molecule has 2 atom stereocenters. The number of carbonyl (C=O) groups excluding carboxylic acids is 2. The molecule has 0 saturated carbocycles. The number of aromatic amines is 1. The van der Waals surface area contributed by atoms with Crippen molar-refractivity contribution in [2.24, 2.45) is 0 Å². The van der Waals surface area contributed by atoms with Gasteiger partial charge in [0, 0.05) is 31.4 Å². The molecule has 32 heavy (non-hydrogen) atoms. The van der Waals surface area contributed by atoms with Crippen LogP contribution in [0.3, 0.4) is 0 Å². The number of aliphatic hydroxyl groups is 1. The number of hydrogen-bond acceptors (Lipinski definition) is 5. The van der Waals surface area contributed by atoms with Gasteiger partial charge in [0.15, 0.2) is 12.4 Å². The van der Waals surface area contributed by atoms with Crippen molar-refractivity contribution in [1.29, 1.82) is 0 Å². The average molecular weight is 450 g/mol. The number of nitrogens with zero attached hydrogens (tertiary/aromatic N) is 2. The summed E-state index contributed by atoms with van der Waals surface area (Å²) < 4.78 is 41.0. The lowest BCUT2D eigenvalue weighted by molar-refractivity contribution is -0.401. The monoisotopic (exact) mass is 450 g/mol. The van der Waals surface area contributed by atoms with E-state index in [-0.39, 0.29) is 17.3 Å². The molecule has 0 aromatic carbocycles. The Morgan fingerprint density at radius 2 is 1.97 bits per heavy atom. The smallest absolute Gasteiger partial charge is 0.393 e. The lowest BCUT2D eigenvalue weighted by Crippen LogP contribution is -2.53. The molecule has 1 aromatic heterocycles. The zero-order valence-electron chi connectivity index (χ0n) is 17.0. The van der Waals surface area contributed by atoms with Crippen LogP contribution in [-0.4, -0.2) is 58.3 Å². The van der Waals surface area contributed by atoms with Gasteiger partial charge in [0.2, 0.25) is 11.7 Å². The molecule has 4 rings (SSSR count). The van der Waals surface area contributed by atoms with Gasteiger partial charge in [-0.25, -0.2) is 4.98 Å². The molecule has 0 bridgehead atoms. The number of piperidine rings is 1. The van der Waals surface area contributed by atoms with E-state index in [0.29, 0.717) is 31.6 Å². The van der Waals surface area contributed by atoms with Crippen molar-refractivity contribution in [1.82, 2.24) is 20.4 Å². The predicted octanol–water partition coefficient (Wildman–Crippen LogP) is 0.730. The van der Waals surface area contributed by atoms with Crippen molar-refractivity contribution < 1.29 is 32.9 Å². The van der Waals surface area contributed by atoms with Crippen LogP contribution in [0, 0.1) is 0 Å². The highest BCUT2D eigenvalue weighted by Gasteiger charge is 2.47. The third-order valence-electron chi connectivity index (χ3n) is 5.59. The highest BCUT2D eigenvalue weighted by atomic mass is 19.4. The fourth-order valence-corrected chi connectivity index (χ4v) is 3.92. The summed E-state index contributed by atoms with van der Waals surface area (Å²) in [6.07, 6.45) is 2.54. The standard InChI is InChI=1S/C21H22F3N5O3/c22-21(23,24)17(14-5-1-3-9-25-14)27-19(31)16-15-6-2-4-10-29(15)18(26-16)20(32)28-11-7-13(30)8-12-28/h1-6,9-10,13,17-18,26,30H,7-8,11-12H2,(H,27,31)/p+1. The molecule has 3 aliphatic heterocycles. The van der Waals surface area contributed by atoms with Gasteiger partial charge in [-0.15, -0.1) is 0 Å². The van der Waals surface area contributed by atoms with Crippen LogP contribution in [0.2, 0.25) is 0 Å². The number of allylic oxidation sites excluding steroid dienone is 3. The largest absolute Gasteiger partial charge is 0.418 e. The Balaban J connectivity index is 1.55. The molecular weight excluding hydrogens is 427 g/mol. The second-order valence-corrected chi connectivity index (χ2v) is 7.74. The maximum absolute atomic E-state index is 13.7. The summed E-state index contributed by atoms with van der Waals surface area (Å²) in [4.78, 5) is 31.6. The number of aliphatic hydroxyl groups excluding tert-OH is 1. The van der Waals surface area contributed by atoms with Gasteiger partial charge in [-0.3, -0.25) is 9.59 Å². The molecule has 3 aliphatic rings. The molecule has 1 aromatic rings. The van der Waals surface area contributed by atoms with Crippen molar-refractivity contribution >= 4 is 11.8 Å². The van der Waals surface area contributed by atoms with Crippen molar-refractivity contribution in [3.63, 3.8) is 0 Å². The molecule has 1 saturated heterocycles. The van der Waals surface area contributed by atoms with Crippen LogP contribution < -0.4 is 15.6 Å². The van der Waals surface area contributed by atoms with Gasteiger partial charge in [-0.05, 0) is 25.0 Å². The first kappa shape index (κ1) is 21.9. The number of alkyl halides is 3. The molecular formula is C21H23F3N5O3+. The summed E-state index contributed by atoms with van der Waals surface area (Å²) in [7, 11) is 0. The summed E-state index contributed by atoms with van der Waals surface area (Å²) >= 11 is 0. The van der Waals surface area contributed by atoms with E-state index >= 15 is 0 Å². The highest BCUT2D eigenvalue weighted by molar-refractivity contribution is 5.97. The molecule has 2 unspecified atom stereocenters. The van der Waals surface area contributed by atoms with Gasteiger partial charge in [0.25, 0.3) is 11.8 Å². The molecule has 11 heteroatoms. The normalized spacial score (nSPS) is 21.9. The number of pyridine rings is 1. The SMILES string of the molecule is O=C(NC(c1cccc[nH+]1)C(F)(F)F)C1=C2C=CC=CN2C(C(=O)N2CCC(O)CC2)N1. The molecule has 0 spiro atoms. The molecule has 0 aliphatic carbocycles. The second-order valence-electron chi connectivity index (χ2n) is 7.74. The number of aromatic nitrogens is 1. The molecule has 2 amide bonds. The van der Waals surface area contributed by atoms with Gasteiger partial charge in [-0.2, -0.15) is 13.2 Å². The Kier molecular flexibility index (Phi) is 5.92. The predicted molar refractivity (Wildman–Crippen MR) is 106 cm³/mol. The Bertz CT molecular complexity index is 969. The fourth-order valence-electron chi connectivity index (χ4n) is 3.92. The van der Waals surface area contributed by atoms with E-state index in [0.717, 1.165) is 0 Å². The van der Waals surface area contributed by atoms with E-state index < -0.39 is 30.4 Å². The molecule has 1 fully saturated rings. The number of H-pyrrole nitrogens is 1. The lowest BCUT2D eigenvalue weighted by Gasteiger charge is -2.34. The third-order valence-corrected chi connectivity index (χ3v) is 5.59. The Labute approximate surface area is 182 Å². The number of likely N-dealkylation sites (tertiary alicyclic amines) is 1. The van der Waals surface area contributed by atoms with Crippen molar-refractivity contribution in [3.8, 4) is 0 Å². The van der Waals surface area contributed by atoms with E-state index in [1.165, 1.54) is 29.3 Å². The molecule has 4 N–H and O–H groups in total. The van der Waals surface area contributed by atoms with E-state index in [1.807, 2.05) is 5.32 Å². The number of fused-ring (bicyclic) bond motifs is 1. The van der Waals surface area contributed by atoms with Crippen molar-refractivity contribution in [3.05, 3.63) is 65.9 Å². The van der Waals surface area contributed by atoms with Gasteiger partial charge in [0.1, 0.15) is 5.70 Å². The van der Waals surface area contributed by atoms with E-state index in [1.54, 1.807) is 29.3 Å². The number of halogens is 3. The van der Waals surface area contributed by atoms with Gasteiger partial charge in [-0.1, -0.05) is 12.1 Å². The molecule has 4 heterocycles. The van der Waals surface area contributed by atoms with Gasteiger partial charge >= 0.3 is 6.18 Å². The Hall–Kier alpha value is -3.34. The first-order chi connectivity index (χ1) is 15.3. The summed E-state index contributed by atoms with van der Waals surface area (Å²) in [5.41, 5.74) is -0.0306. The number of amides is 2. The molecule has 170 valence electrons. The van der Waals surface area contributed by atoms with E-state index in [9.17, 15) is 27.9 Å². The minimum Gasteiger partial charge on any atom is -0.393 e. The average Bonchev–Trinajstić information content (AvgIpc) is 3.17. The number of nitrogens with one attached hydrogen (secondary N) is 3. The van der Waals surface area contributed by atoms with Crippen molar-refractivity contribution in [2.75, 3.05) is 13.1 Å². The van der Waals surface area contributed by atoms with Crippen LogP contribution in [0.4, 0.5) is 13.2 Å². The maximum atomic E-state index is 13.7. The summed E-state index contributed by atoms with van der Waals surface area (Å²) in [5.74, 6) is -1.30. The van der Waals surface area contributed by atoms with Gasteiger partial charge in [0.05, 0.1) is 11.8 Å². The third kappa shape index (κ3) is 4.33. The molecule has 0 radical (unpaired) electrons. The van der Waals surface area contributed by atoms with E-state index in [2.05, 4.69) is 10.3 Å². The minimum absolute atomic E-state index is 0.119. The van der Waals surface area contributed by atoms with Gasteiger partial charge < -0.3 is 25.5 Å². The van der Waals surface area contributed by atoms with Crippen LogP contribution in [0.1, 0.15) is 24.6 Å². The minimum atomic E-state index is -4.73. The second kappa shape index (κ2) is 8.65. The van der Waals surface area contributed by atoms with Crippen LogP contribution in [0.15, 0.2) is 60.2 Å². The Morgan fingerprint density at radius 3 is 2.62 bits per heavy atom. The molecule has 8 nitrogen and oxygen atoms in total. The van der Waals surface area contributed by atoms with E-state index in [4.69, 9.17) is 0 Å². The highest BCUT2D eigenvalue weighted by Crippen LogP contribution is 2.32. The summed E-state index contributed by atoms with van der Waals surface area (Å²) in [5, 5.41) is 14.5. The van der Waals surface area contributed by atoms with Crippen LogP contribution in [0.5, 0.6) is 0 Å². The summed E-state index contributed by atoms with van der Waals surface area (Å²) in [6, 6.07) is 1.97. The zero-order chi connectivity index (χ0) is 22.9. The van der Waals surface area contributed by atoms with Crippen LogP contribution in [-0.2, 0) is 9.59 Å². The quantitative estimate of drug-likeness (QED) is 0.628. The number of rotatable bonds is 4. The lowest BCUT2D eigenvalue weighted by atomic mass is 10.1. The fraction of sp³-hybridized carbons (Fsp3) is 0.381. The first-order valence-electron chi connectivity index (χ1n) is 10.2. The first-order valence-corrected chi connectivity index (χ1v) is 10.2. The maximum Gasteiger partial charge on any atom is 0.418 e. The van der Waals surface area contributed by atoms with Crippen LogP contribution >= 0.6 is 0 Å². The van der Waals surface area contributed by atoms with Crippen LogP contribution in [0.25, 0.3) is 0 Å². The number of hydrogen-bond donors (Lipinski definition) is 3. The van der Waals surface area contributed by atoms with Crippen molar-refractivity contribution in [2.45, 2.75) is 37.3 Å². The summed E-state index contributed by atoms with van der Waals surface area (Å²) in [6.45, 7) is 0.727. The Morgan fingerprint density at radius 1 is 1.22 bits per heavy atom. The zero-order valence-corrected chi connectivity index (χ0v) is 17.0.